The van der Waals surface area contributed by atoms with Crippen molar-refractivity contribution in [3.63, 3.8) is 0 Å². The molecule has 1 N–H and O–H groups in total. The Morgan fingerprint density at radius 3 is 2.31 bits per heavy atom. The highest BCUT2D eigenvalue weighted by atomic mass is 16.3. The Hall–Kier alpha value is -0.990. The molecule has 0 atom stereocenters. The van der Waals surface area contributed by atoms with Crippen molar-refractivity contribution in [2.45, 2.75) is 46.6 Å². The van der Waals surface area contributed by atoms with E-state index >= 15 is 0 Å². The van der Waals surface area contributed by atoms with Crippen LogP contribution in [0.4, 0.5) is 0 Å². The third-order valence-electron chi connectivity index (χ3n) is 2.25. The van der Waals surface area contributed by atoms with Crippen molar-refractivity contribution in [1.29, 1.82) is 0 Å². The second-order valence-corrected chi connectivity index (χ2v) is 3.51. The summed E-state index contributed by atoms with van der Waals surface area (Å²) in [5, 5.41) is 14.1. The van der Waals surface area contributed by atoms with E-state index in [9.17, 15) is 5.11 Å². The lowest BCUT2D eigenvalue weighted by Gasteiger charge is -2.01. The summed E-state index contributed by atoms with van der Waals surface area (Å²) in [4.78, 5) is 0. The zero-order chi connectivity index (χ0) is 10.0. The zero-order valence-corrected chi connectivity index (χ0v) is 8.83. The van der Waals surface area contributed by atoms with E-state index in [1.807, 2.05) is 13.8 Å². The van der Waals surface area contributed by atoms with Gasteiger partial charge in [0.25, 0.3) is 0 Å². The summed E-state index contributed by atoms with van der Waals surface area (Å²) in [5.41, 5.74) is 2.03. The highest BCUT2D eigenvalue weighted by Crippen LogP contribution is 2.26. The van der Waals surface area contributed by atoms with Gasteiger partial charge in [-0.05, 0) is 19.3 Å². The summed E-state index contributed by atoms with van der Waals surface area (Å²) in [6, 6.07) is 0. The fraction of sp³-hybridized carbons (Fsp3) is 0.700. The Morgan fingerprint density at radius 1 is 1.38 bits per heavy atom. The largest absolute Gasteiger partial charge is 0.493 e. The number of hydrogen-bond acceptors (Lipinski definition) is 2. The Balaban J connectivity index is 3.19. The summed E-state index contributed by atoms with van der Waals surface area (Å²) >= 11 is 0. The standard InChI is InChI=1S/C10H18N2O/c1-5-8-9(7(3)4)11-12(6-2)10(8)13/h7,13H,5-6H2,1-4H3. The van der Waals surface area contributed by atoms with E-state index in [1.54, 1.807) is 4.68 Å². The molecule has 0 aliphatic heterocycles. The highest BCUT2D eigenvalue weighted by Gasteiger charge is 2.16. The molecule has 13 heavy (non-hydrogen) atoms. The van der Waals surface area contributed by atoms with E-state index in [1.165, 1.54) is 0 Å². The molecule has 0 saturated heterocycles. The Labute approximate surface area is 79.4 Å². The SMILES string of the molecule is CCc1c(C(C)C)nn(CC)c1O. The molecule has 0 spiro atoms. The average molecular weight is 182 g/mol. The normalized spacial score (nSPS) is 11.2. The predicted octanol–water partition coefficient (Wildman–Crippen LogP) is 2.29. The first-order valence-corrected chi connectivity index (χ1v) is 4.90. The van der Waals surface area contributed by atoms with Crippen LogP contribution in [0.25, 0.3) is 0 Å². The molecule has 0 fully saturated rings. The lowest BCUT2D eigenvalue weighted by molar-refractivity contribution is 0.400. The molecule has 1 rings (SSSR count). The molecule has 74 valence electrons. The van der Waals surface area contributed by atoms with Gasteiger partial charge in [0.05, 0.1) is 5.69 Å². The molecule has 0 aliphatic rings. The zero-order valence-electron chi connectivity index (χ0n) is 8.83. The molecule has 0 saturated carbocycles. The summed E-state index contributed by atoms with van der Waals surface area (Å²) < 4.78 is 1.66. The van der Waals surface area contributed by atoms with Gasteiger partial charge in [-0.2, -0.15) is 5.10 Å². The Kier molecular flexibility index (Phi) is 2.96. The van der Waals surface area contributed by atoms with Crippen LogP contribution in [0.2, 0.25) is 0 Å². The Morgan fingerprint density at radius 2 is 2.00 bits per heavy atom. The van der Waals surface area contributed by atoms with Gasteiger partial charge in [-0.1, -0.05) is 20.8 Å². The quantitative estimate of drug-likeness (QED) is 0.778. The molecule has 0 aliphatic carbocycles. The monoisotopic (exact) mass is 182 g/mol. The number of rotatable bonds is 3. The van der Waals surface area contributed by atoms with Crippen LogP contribution >= 0.6 is 0 Å². The molecule has 0 unspecified atom stereocenters. The maximum atomic E-state index is 9.76. The third-order valence-corrected chi connectivity index (χ3v) is 2.25. The first-order chi connectivity index (χ1) is 6.11. The smallest absolute Gasteiger partial charge is 0.212 e. The van der Waals surface area contributed by atoms with Gasteiger partial charge in [-0.15, -0.1) is 0 Å². The number of nitrogens with zero attached hydrogens (tertiary/aromatic N) is 2. The van der Waals surface area contributed by atoms with Crippen LogP contribution in [0.3, 0.4) is 0 Å². The van der Waals surface area contributed by atoms with E-state index in [0.29, 0.717) is 11.8 Å². The molecule has 0 radical (unpaired) electrons. The maximum absolute atomic E-state index is 9.76. The number of aryl methyl sites for hydroxylation is 1. The fourth-order valence-corrected chi connectivity index (χ4v) is 1.53. The molecule has 1 aromatic heterocycles. The third kappa shape index (κ3) is 1.69. The molecule has 1 aromatic rings. The van der Waals surface area contributed by atoms with Crippen LogP contribution in [-0.4, -0.2) is 14.9 Å². The lowest BCUT2D eigenvalue weighted by Crippen LogP contribution is -1.97. The highest BCUT2D eigenvalue weighted by molar-refractivity contribution is 5.32. The van der Waals surface area contributed by atoms with Crippen molar-refractivity contribution in [1.82, 2.24) is 9.78 Å². The van der Waals surface area contributed by atoms with Crippen LogP contribution in [-0.2, 0) is 13.0 Å². The van der Waals surface area contributed by atoms with E-state index in [-0.39, 0.29) is 0 Å². The number of aromatic nitrogens is 2. The summed E-state index contributed by atoms with van der Waals surface area (Å²) in [6.07, 6.45) is 0.847. The van der Waals surface area contributed by atoms with Gasteiger partial charge in [0.1, 0.15) is 0 Å². The van der Waals surface area contributed by atoms with Gasteiger partial charge >= 0.3 is 0 Å². The second kappa shape index (κ2) is 3.81. The molecule has 0 amide bonds. The maximum Gasteiger partial charge on any atom is 0.212 e. The summed E-state index contributed by atoms with van der Waals surface area (Å²) in [7, 11) is 0. The van der Waals surface area contributed by atoms with Crippen molar-refractivity contribution >= 4 is 0 Å². The van der Waals surface area contributed by atoms with E-state index in [0.717, 1.165) is 24.2 Å². The van der Waals surface area contributed by atoms with E-state index < -0.39 is 0 Å². The minimum Gasteiger partial charge on any atom is -0.493 e. The van der Waals surface area contributed by atoms with Gasteiger partial charge in [0.15, 0.2) is 0 Å². The minimum absolute atomic E-state index is 0.341. The van der Waals surface area contributed by atoms with Gasteiger partial charge in [0, 0.05) is 12.1 Å². The number of aromatic hydroxyl groups is 1. The lowest BCUT2D eigenvalue weighted by atomic mass is 10.0. The van der Waals surface area contributed by atoms with Crippen LogP contribution in [0.5, 0.6) is 5.88 Å². The fourth-order valence-electron chi connectivity index (χ4n) is 1.53. The molecule has 0 bridgehead atoms. The molecule has 3 heteroatoms. The summed E-state index contributed by atoms with van der Waals surface area (Å²) in [6.45, 7) is 8.95. The molecule has 3 nitrogen and oxygen atoms in total. The van der Waals surface area contributed by atoms with Gasteiger partial charge in [-0.25, -0.2) is 4.68 Å². The van der Waals surface area contributed by atoms with Crippen LogP contribution in [0.15, 0.2) is 0 Å². The molecular weight excluding hydrogens is 164 g/mol. The van der Waals surface area contributed by atoms with E-state index in [4.69, 9.17) is 0 Å². The molecule has 0 aromatic carbocycles. The van der Waals surface area contributed by atoms with Gasteiger partial charge < -0.3 is 5.11 Å². The van der Waals surface area contributed by atoms with Crippen LogP contribution in [0.1, 0.15) is 44.9 Å². The van der Waals surface area contributed by atoms with Crippen LogP contribution in [0, 0.1) is 0 Å². The van der Waals surface area contributed by atoms with Crippen molar-refractivity contribution < 1.29 is 5.11 Å². The van der Waals surface area contributed by atoms with Crippen LogP contribution < -0.4 is 0 Å². The van der Waals surface area contributed by atoms with Crippen molar-refractivity contribution in [2.24, 2.45) is 0 Å². The van der Waals surface area contributed by atoms with Crippen molar-refractivity contribution in [3.05, 3.63) is 11.3 Å². The predicted molar refractivity (Wildman–Crippen MR) is 53.0 cm³/mol. The van der Waals surface area contributed by atoms with E-state index in [2.05, 4.69) is 18.9 Å². The van der Waals surface area contributed by atoms with Crippen molar-refractivity contribution in [2.75, 3.05) is 0 Å². The topological polar surface area (TPSA) is 38.0 Å². The Bertz CT molecular complexity index is 289. The first-order valence-electron chi connectivity index (χ1n) is 4.90. The van der Waals surface area contributed by atoms with Crippen molar-refractivity contribution in [3.8, 4) is 5.88 Å². The summed E-state index contributed by atoms with van der Waals surface area (Å²) in [5.74, 6) is 0.724. The minimum atomic E-state index is 0.341. The van der Waals surface area contributed by atoms with Gasteiger partial charge in [0.2, 0.25) is 5.88 Å². The first kappa shape index (κ1) is 10.1. The van der Waals surface area contributed by atoms with Gasteiger partial charge in [-0.3, -0.25) is 0 Å². The average Bonchev–Trinajstić information content (AvgIpc) is 2.42. The second-order valence-electron chi connectivity index (χ2n) is 3.51. The molecular formula is C10H18N2O. The number of hydrogen-bond donors (Lipinski definition) is 1. The molecule has 1 heterocycles.